The van der Waals surface area contributed by atoms with Crippen molar-refractivity contribution in [2.45, 2.75) is 347 Å². The highest BCUT2D eigenvalue weighted by Gasteiger charge is 2.18. The lowest BCUT2D eigenvalue weighted by Gasteiger charge is -2.20. The van der Waals surface area contributed by atoms with E-state index in [4.69, 9.17) is 4.74 Å². The van der Waals surface area contributed by atoms with Crippen LogP contribution in [0.3, 0.4) is 0 Å². The van der Waals surface area contributed by atoms with E-state index >= 15 is 0 Å². The Balaban J connectivity index is 3.51. The first-order chi connectivity index (χ1) is 34.5. The highest BCUT2D eigenvalue weighted by atomic mass is 16.5. The predicted octanol–water partition coefficient (Wildman–Crippen LogP) is 19.6. The molecular formula is C64H121NO5. The molecule has 0 heterocycles. The van der Waals surface area contributed by atoms with Crippen LogP contribution in [0.5, 0.6) is 0 Å². The minimum absolute atomic E-state index is 0.0122. The van der Waals surface area contributed by atoms with Crippen LogP contribution in [0, 0.1) is 0 Å². The Labute approximate surface area is 436 Å². The van der Waals surface area contributed by atoms with Crippen LogP contribution in [0.2, 0.25) is 0 Å². The average molecular weight is 985 g/mol. The number of carbonyl (C=O) groups excluding carboxylic acids is 2. The molecule has 0 aliphatic rings. The molecule has 2 atom stereocenters. The standard InChI is InChI=1S/C64H121NO5/c1-3-5-7-9-11-13-15-17-19-21-22-25-28-32-36-40-44-48-52-56-62(67)61(60-66)65-63(68)57-53-49-45-41-37-33-29-26-23-27-31-35-39-43-47-51-55-59-70-64(69)58-54-50-46-42-38-34-30-24-20-18-16-14-12-10-8-6-4-2/h23,27,35,39,52,56,61-62,66-67H,3-22,24-26,28-34,36-38,40-51,53-55,57-60H2,1-2H3,(H,65,68)/b27-23-,39-35-,56-52+. The molecule has 0 rings (SSSR count). The number of rotatable bonds is 58. The SMILES string of the molecule is CCCCCCCCCCCCCCCCCCC/C=C/C(O)C(CO)NC(=O)CCCCCCCCC/C=C\C/C=C\CCCCCOC(=O)CCCCCCCCCCCCCCCCCCC. The van der Waals surface area contributed by atoms with Crippen LogP contribution in [0.1, 0.15) is 335 Å². The van der Waals surface area contributed by atoms with Gasteiger partial charge in [-0.1, -0.05) is 288 Å². The van der Waals surface area contributed by atoms with E-state index in [1.807, 2.05) is 6.08 Å². The fourth-order valence-electron chi connectivity index (χ4n) is 9.61. The van der Waals surface area contributed by atoms with Crippen LogP contribution in [-0.4, -0.2) is 47.4 Å². The first-order valence-electron chi connectivity index (χ1n) is 31.3. The van der Waals surface area contributed by atoms with Gasteiger partial charge < -0.3 is 20.3 Å². The summed E-state index contributed by atoms with van der Waals surface area (Å²) in [5.74, 6) is -0.0941. The zero-order valence-electron chi connectivity index (χ0n) is 47.0. The maximum absolute atomic E-state index is 12.5. The third-order valence-electron chi connectivity index (χ3n) is 14.4. The largest absolute Gasteiger partial charge is 0.466 e. The lowest BCUT2D eigenvalue weighted by atomic mass is 10.0. The van der Waals surface area contributed by atoms with Crippen molar-refractivity contribution in [1.82, 2.24) is 5.32 Å². The van der Waals surface area contributed by atoms with Gasteiger partial charge in [-0.25, -0.2) is 0 Å². The highest BCUT2D eigenvalue weighted by molar-refractivity contribution is 5.76. The van der Waals surface area contributed by atoms with Crippen molar-refractivity contribution in [3.05, 3.63) is 36.5 Å². The second-order valence-electron chi connectivity index (χ2n) is 21.4. The minimum atomic E-state index is -0.856. The molecule has 0 aliphatic carbocycles. The molecule has 3 N–H and O–H groups in total. The molecule has 0 spiro atoms. The van der Waals surface area contributed by atoms with Gasteiger partial charge in [0, 0.05) is 12.8 Å². The number of allylic oxidation sites excluding steroid dienone is 5. The van der Waals surface area contributed by atoms with Crippen LogP contribution in [0.4, 0.5) is 0 Å². The molecule has 70 heavy (non-hydrogen) atoms. The topological polar surface area (TPSA) is 95.9 Å². The van der Waals surface area contributed by atoms with Crippen LogP contribution < -0.4 is 5.32 Å². The van der Waals surface area contributed by atoms with Gasteiger partial charge in [0.1, 0.15) is 0 Å². The normalized spacial score (nSPS) is 12.8. The van der Waals surface area contributed by atoms with Crippen molar-refractivity contribution >= 4 is 11.9 Å². The van der Waals surface area contributed by atoms with Crippen LogP contribution in [-0.2, 0) is 14.3 Å². The molecule has 0 bridgehead atoms. The van der Waals surface area contributed by atoms with E-state index in [1.165, 1.54) is 225 Å². The van der Waals surface area contributed by atoms with Gasteiger partial charge in [-0.05, 0) is 70.6 Å². The summed E-state index contributed by atoms with van der Waals surface area (Å²) in [6.45, 7) is 4.88. The van der Waals surface area contributed by atoms with Crippen LogP contribution in [0.25, 0.3) is 0 Å². The summed E-state index contributed by atoms with van der Waals surface area (Å²) in [5.41, 5.74) is 0. The number of amides is 1. The lowest BCUT2D eigenvalue weighted by molar-refractivity contribution is -0.143. The summed E-state index contributed by atoms with van der Waals surface area (Å²) >= 11 is 0. The van der Waals surface area contributed by atoms with E-state index in [0.29, 0.717) is 19.4 Å². The summed E-state index contributed by atoms with van der Waals surface area (Å²) in [7, 11) is 0. The summed E-state index contributed by atoms with van der Waals surface area (Å²) in [6, 6.07) is -0.641. The summed E-state index contributed by atoms with van der Waals surface area (Å²) in [4.78, 5) is 24.6. The maximum atomic E-state index is 12.5. The smallest absolute Gasteiger partial charge is 0.305 e. The van der Waals surface area contributed by atoms with Crippen molar-refractivity contribution in [3.63, 3.8) is 0 Å². The monoisotopic (exact) mass is 984 g/mol. The van der Waals surface area contributed by atoms with E-state index in [1.54, 1.807) is 6.08 Å². The second-order valence-corrected chi connectivity index (χ2v) is 21.4. The van der Waals surface area contributed by atoms with Gasteiger partial charge in [0.05, 0.1) is 25.4 Å². The molecule has 6 nitrogen and oxygen atoms in total. The second kappa shape index (κ2) is 59.6. The Morgan fingerprint density at radius 1 is 0.400 bits per heavy atom. The van der Waals surface area contributed by atoms with Gasteiger partial charge in [0.15, 0.2) is 0 Å². The molecule has 0 saturated heterocycles. The molecule has 2 unspecified atom stereocenters. The molecule has 0 radical (unpaired) electrons. The van der Waals surface area contributed by atoms with Crippen LogP contribution in [0.15, 0.2) is 36.5 Å². The number of hydrogen-bond acceptors (Lipinski definition) is 5. The highest BCUT2D eigenvalue weighted by Crippen LogP contribution is 2.17. The Hall–Kier alpha value is -1.92. The van der Waals surface area contributed by atoms with E-state index in [2.05, 4.69) is 43.5 Å². The van der Waals surface area contributed by atoms with Gasteiger partial charge >= 0.3 is 5.97 Å². The summed E-state index contributed by atoms with van der Waals surface area (Å²) in [6.07, 6.45) is 74.7. The van der Waals surface area contributed by atoms with Crippen molar-refractivity contribution in [2.75, 3.05) is 13.2 Å². The van der Waals surface area contributed by atoms with Crippen molar-refractivity contribution in [1.29, 1.82) is 0 Å². The number of aliphatic hydroxyl groups is 2. The van der Waals surface area contributed by atoms with E-state index in [0.717, 1.165) is 83.5 Å². The first kappa shape index (κ1) is 68.1. The van der Waals surface area contributed by atoms with Gasteiger partial charge in [-0.15, -0.1) is 0 Å². The zero-order valence-corrected chi connectivity index (χ0v) is 47.0. The summed E-state index contributed by atoms with van der Waals surface area (Å²) < 4.78 is 5.47. The van der Waals surface area contributed by atoms with E-state index in [9.17, 15) is 19.8 Å². The lowest BCUT2D eigenvalue weighted by Crippen LogP contribution is -2.45. The molecule has 0 aromatic rings. The number of esters is 1. The molecule has 6 heteroatoms. The number of hydrogen-bond donors (Lipinski definition) is 3. The molecular weight excluding hydrogens is 863 g/mol. The molecule has 1 amide bonds. The van der Waals surface area contributed by atoms with Gasteiger partial charge in [-0.3, -0.25) is 9.59 Å². The quantitative estimate of drug-likeness (QED) is 0.0321. The Morgan fingerprint density at radius 2 is 0.714 bits per heavy atom. The fourth-order valence-corrected chi connectivity index (χ4v) is 9.61. The number of carbonyl (C=O) groups is 2. The van der Waals surface area contributed by atoms with Crippen molar-refractivity contribution in [3.8, 4) is 0 Å². The van der Waals surface area contributed by atoms with Crippen molar-refractivity contribution < 1.29 is 24.5 Å². The summed E-state index contributed by atoms with van der Waals surface area (Å²) in [5, 5.41) is 23.2. The number of unbranched alkanes of at least 4 members (excludes halogenated alkanes) is 43. The Morgan fingerprint density at radius 3 is 1.09 bits per heavy atom. The minimum Gasteiger partial charge on any atom is -0.466 e. The van der Waals surface area contributed by atoms with Gasteiger partial charge in [-0.2, -0.15) is 0 Å². The maximum Gasteiger partial charge on any atom is 0.305 e. The molecule has 412 valence electrons. The molecule has 0 aromatic heterocycles. The molecule has 0 aliphatic heterocycles. The number of nitrogens with one attached hydrogen (secondary N) is 1. The van der Waals surface area contributed by atoms with Gasteiger partial charge in [0.2, 0.25) is 5.91 Å². The van der Waals surface area contributed by atoms with Gasteiger partial charge in [0.25, 0.3) is 0 Å². The Bertz CT molecular complexity index is 1130. The third kappa shape index (κ3) is 55.4. The van der Waals surface area contributed by atoms with E-state index in [-0.39, 0.29) is 18.5 Å². The number of aliphatic hydroxyl groups excluding tert-OH is 2. The molecule has 0 saturated carbocycles. The Kier molecular flexibility index (Phi) is 58.0. The molecule has 0 fully saturated rings. The zero-order chi connectivity index (χ0) is 50.7. The van der Waals surface area contributed by atoms with E-state index < -0.39 is 12.1 Å². The molecule has 0 aromatic carbocycles. The fraction of sp³-hybridized carbons (Fsp3) is 0.875. The third-order valence-corrected chi connectivity index (χ3v) is 14.4. The predicted molar refractivity (Wildman–Crippen MR) is 306 cm³/mol. The first-order valence-corrected chi connectivity index (χ1v) is 31.3. The van der Waals surface area contributed by atoms with Crippen molar-refractivity contribution in [2.24, 2.45) is 0 Å². The number of ether oxygens (including phenoxy) is 1. The average Bonchev–Trinajstić information content (AvgIpc) is 3.36. The van der Waals surface area contributed by atoms with Crippen LogP contribution >= 0.6 is 0 Å².